The maximum absolute atomic E-state index is 13.5. The zero-order chi connectivity index (χ0) is 15.6. The summed E-state index contributed by atoms with van der Waals surface area (Å²) >= 11 is 0. The van der Waals surface area contributed by atoms with Gasteiger partial charge in [0.1, 0.15) is 17.2 Å². The number of carboxylic acid groups (broad SMARTS) is 1. The molecule has 2 aromatic rings. The van der Waals surface area contributed by atoms with Crippen LogP contribution in [0.25, 0.3) is 0 Å². The van der Waals surface area contributed by atoms with Gasteiger partial charge in [-0.15, -0.1) is 0 Å². The van der Waals surface area contributed by atoms with Crippen molar-refractivity contribution in [2.75, 3.05) is 5.32 Å². The minimum atomic E-state index is -1.50. The molecular weight excluding hydrogens is 280 g/mol. The summed E-state index contributed by atoms with van der Waals surface area (Å²) in [5, 5.41) is 11.2. The molecule has 2 rings (SSSR count). The topological polar surface area (TPSA) is 66.4 Å². The quantitative estimate of drug-likeness (QED) is 0.912. The Morgan fingerprint density at radius 1 is 1.10 bits per heavy atom. The van der Waals surface area contributed by atoms with E-state index in [0.717, 1.165) is 12.1 Å². The van der Waals surface area contributed by atoms with Gasteiger partial charge in [-0.3, -0.25) is 4.79 Å². The molecule has 0 saturated heterocycles. The summed E-state index contributed by atoms with van der Waals surface area (Å²) in [4.78, 5) is 23.0. The zero-order valence-corrected chi connectivity index (χ0v) is 11.0. The first kappa shape index (κ1) is 14.6. The van der Waals surface area contributed by atoms with Crippen LogP contribution in [0.3, 0.4) is 0 Å². The summed E-state index contributed by atoms with van der Waals surface area (Å²) in [7, 11) is 0. The van der Waals surface area contributed by atoms with Crippen molar-refractivity contribution in [3.63, 3.8) is 0 Å². The minimum Gasteiger partial charge on any atom is -0.478 e. The number of hydrogen-bond donors (Lipinski definition) is 2. The molecule has 0 heterocycles. The molecule has 0 aliphatic rings. The summed E-state index contributed by atoms with van der Waals surface area (Å²) in [5.41, 5.74) is -0.436. The molecule has 0 aliphatic carbocycles. The second kappa shape index (κ2) is 5.70. The lowest BCUT2D eigenvalue weighted by molar-refractivity contribution is 0.0693. The summed E-state index contributed by atoms with van der Waals surface area (Å²) in [6.07, 6.45) is 0. The maximum Gasteiger partial charge on any atom is 0.340 e. The Bertz CT molecular complexity index is 729. The lowest BCUT2D eigenvalue weighted by Crippen LogP contribution is -2.16. The molecular formula is C15H11F2NO3. The molecule has 0 aliphatic heterocycles. The van der Waals surface area contributed by atoms with E-state index in [4.69, 9.17) is 5.11 Å². The highest BCUT2D eigenvalue weighted by atomic mass is 19.1. The van der Waals surface area contributed by atoms with E-state index in [0.29, 0.717) is 5.56 Å². The highest BCUT2D eigenvalue weighted by molar-refractivity contribution is 6.07. The number of halogens is 2. The fourth-order valence-corrected chi connectivity index (χ4v) is 1.77. The normalized spacial score (nSPS) is 10.2. The van der Waals surface area contributed by atoms with Crippen molar-refractivity contribution < 1.29 is 23.5 Å². The third-order valence-electron chi connectivity index (χ3n) is 2.91. The van der Waals surface area contributed by atoms with Crippen molar-refractivity contribution >= 4 is 17.6 Å². The number of benzene rings is 2. The van der Waals surface area contributed by atoms with E-state index in [1.54, 1.807) is 6.92 Å². The summed E-state index contributed by atoms with van der Waals surface area (Å²) < 4.78 is 26.9. The van der Waals surface area contributed by atoms with E-state index >= 15 is 0 Å². The second-order valence-corrected chi connectivity index (χ2v) is 4.39. The van der Waals surface area contributed by atoms with Crippen LogP contribution in [-0.2, 0) is 0 Å². The lowest BCUT2D eigenvalue weighted by Gasteiger charge is -2.09. The molecule has 0 saturated carbocycles. The fourth-order valence-electron chi connectivity index (χ4n) is 1.77. The third kappa shape index (κ3) is 3.05. The number of carbonyl (C=O) groups is 2. The van der Waals surface area contributed by atoms with Gasteiger partial charge in [-0.2, -0.15) is 0 Å². The minimum absolute atomic E-state index is 0.0127. The first-order chi connectivity index (χ1) is 9.90. The molecule has 0 radical (unpaired) electrons. The van der Waals surface area contributed by atoms with Crippen molar-refractivity contribution in [3.8, 4) is 0 Å². The van der Waals surface area contributed by atoms with Crippen molar-refractivity contribution in [3.05, 3.63) is 64.7 Å². The Kier molecular flexibility index (Phi) is 3.98. The van der Waals surface area contributed by atoms with E-state index in [9.17, 15) is 18.4 Å². The van der Waals surface area contributed by atoms with Crippen LogP contribution in [0.5, 0.6) is 0 Å². The van der Waals surface area contributed by atoms with E-state index in [2.05, 4.69) is 5.32 Å². The maximum atomic E-state index is 13.5. The van der Waals surface area contributed by atoms with Gasteiger partial charge in [0, 0.05) is 5.56 Å². The van der Waals surface area contributed by atoms with Crippen LogP contribution in [0.1, 0.15) is 26.3 Å². The van der Waals surface area contributed by atoms with Gasteiger partial charge in [-0.25, -0.2) is 13.6 Å². The van der Waals surface area contributed by atoms with Crippen LogP contribution in [0.2, 0.25) is 0 Å². The van der Waals surface area contributed by atoms with Crippen LogP contribution in [0.15, 0.2) is 36.4 Å². The van der Waals surface area contributed by atoms with Crippen LogP contribution in [-0.4, -0.2) is 17.0 Å². The Balaban J connectivity index is 2.34. The smallest absolute Gasteiger partial charge is 0.340 e. The highest BCUT2D eigenvalue weighted by Crippen LogP contribution is 2.20. The van der Waals surface area contributed by atoms with Crippen molar-refractivity contribution in [2.24, 2.45) is 0 Å². The first-order valence-electron chi connectivity index (χ1n) is 5.99. The second-order valence-electron chi connectivity index (χ2n) is 4.39. The molecule has 0 spiro atoms. The summed E-state index contributed by atoms with van der Waals surface area (Å²) in [6, 6.07) is 7.36. The molecule has 0 bridgehead atoms. The molecule has 0 unspecified atom stereocenters. The van der Waals surface area contributed by atoms with Crippen molar-refractivity contribution in [2.45, 2.75) is 6.92 Å². The SMILES string of the molecule is Cc1ccc(C(=O)Nc2cccc(F)c2C(=O)O)cc1F. The number of carbonyl (C=O) groups excluding carboxylic acids is 1. The number of aryl methyl sites for hydroxylation is 1. The predicted octanol–water partition coefficient (Wildman–Crippen LogP) is 3.22. The van der Waals surface area contributed by atoms with Gasteiger partial charge in [0.25, 0.3) is 5.91 Å². The van der Waals surface area contributed by atoms with Crippen molar-refractivity contribution in [1.29, 1.82) is 0 Å². The summed E-state index contributed by atoms with van der Waals surface area (Å²) in [5.74, 6) is -3.74. The van der Waals surface area contributed by atoms with Gasteiger partial charge >= 0.3 is 5.97 Å². The molecule has 6 heteroatoms. The van der Waals surface area contributed by atoms with Crippen LogP contribution >= 0.6 is 0 Å². The van der Waals surface area contributed by atoms with E-state index in [1.165, 1.54) is 24.3 Å². The monoisotopic (exact) mass is 291 g/mol. The molecule has 0 aromatic heterocycles. The highest BCUT2D eigenvalue weighted by Gasteiger charge is 2.18. The van der Waals surface area contributed by atoms with Crippen LogP contribution < -0.4 is 5.32 Å². The molecule has 4 nitrogen and oxygen atoms in total. The van der Waals surface area contributed by atoms with Crippen LogP contribution in [0.4, 0.5) is 14.5 Å². The van der Waals surface area contributed by atoms with Gasteiger partial charge in [0.05, 0.1) is 5.69 Å². The molecule has 108 valence electrons. The Morgan fingerprint density at radius 3 is 2.43 bits per heavy atom. The van der Waals surface area contributed by atoms with Crippen LogP contribution in [0, 0.1) is 18.6 Å². The number of nitrogens with one attached hydrogen (secondary N) is 1. The van der Waals surface area contributed by atoms with Gasteiger partial charge in [-0.05, 0) is 36.8 Å². The Hall–Kier alpha value is -2.76. The van der Waals surface area contributed by atoms with Crippen molar-refractivity contribution in [1.82, 2.24) is 0 Å². The van der Waals surface area contributed by atoms with Gasteiger partial charge in [-0.1, -0.05) is 12.1 Å². The fraction of sp³-hybridized carbons (Fsp3) is 0.0667. The largest absolute Gasteiger partial charge is 0.478 e. The van der Waals surface area contributed by atoms with Gasteiger partial charge < -0.3 is 10.4 Å². The third-order valence-corrected chi connectivity index (χ3v) is 2.91. The Morgan fingerprint density at radius 2 is 1.81 bits per heavy atom. The molecule has 2 N–H and O–H groups in total. The molecule has 0 atom stereocenters. The van der Waals surface area contributed by atoms with E-state index in [1.807, 2.05) is 0 Å². The average Bonchev–Trinajstić information content (AvgIpc) is 2.41. The lowest BCUT2D eigenvalue weighted by atomic mass is 10.1. The molecule has 2 aromatic carbocycles. The number of anilines is 1. The average molecular weight is 291 g/mol. The predicted molar refractivity (Wildman–Crippen MR) is 72.4 cm³/mol. The van der Waals surface area contributed by atoms with Gasteiger partial charge in [0.2, 0.25) is 0 Å². The Labute approximate surface area is 119 Å². The van der Waals surface area contributed by atoms with E-state index in [-0.39, 0.29) is 11.3 Å². The molecule has 0 fully saturated rings. The number of hydrogen-bond acceptors (Lipinski definition) is 2. The number of rotatable bonds is 3. The molecule has 21 heavy (non-hydrogen) atoms. The van der Waals surface area contributed by atoms with E-state index < -0.39 is 29.1 Å². The zero-order valence-electron chi connectivity index (χ0n) is 11.0. The summed E-state index contributed by atoms with van der Waals surface area (Å²) in [6.45, 7) is 1.55. The standard InChI is InChI=1S/C15H11F2NO3/c1-8-5-6-9(7-11(8)17)14(19)18-12-4-2-3-10(16)13(12)15(20)21/h2-7H,1H3,(H,18,19)(H,20,21). The van der Waals surface area contributed by atoms with Gasteiger partial charge in [0.15, 0.2) is 0 Å². The number of aromatic carboxylic acids is 1. The number of carboxylic acids is 1. The number of amides is 1. The molecule has 1 amide bonds. The first-order valence-corrected chi connectivity index (χ1v) is 5.99.